The second kappa shape index (κ2) is 3.92. The van der Waals surface area contributed by atoms with Gasteiger partial charge in [0.25, 0.3) is 0 Å². The minimum Gasteiger partial charge on any atom is -0.340 e. The maximum Gasteiger partial charge on any atom is 0.126 e. The Kier molecular flexibility index (Phi) is 2.48. The third-order valence-corrected chi connectivity index (χ3v) is 3.65. The zero-order chi connectivity index (χ0) is 12.8. The first-order valence-corrected chi connectivity index (χ1v) is 6.17. The fraction of sp³-hybridized carbons (Fsp3) is 0.357. The number of halogens is 1. The highest BCUT2D eigenvalue weighted by Crippen LogP contribution is 2.43. The van der Waals surface area contributed by atoms with E-state index in [4.69, 9.17) is 5.73 Å². The average Bonchev–Trinajstić information content (AvgIpc) is 3.07. The van der Waals surface area contributed by atoms with E-state index in [0.717, 1.165) is 29.9 Å². The van der Waals surface area contributed by atoms with Crippen LogP contribution in [0.15, 0.2) is 30.5 Å². The van der Waals surface area contributed by atoms with E-state index in [0.29, 0.717) is 5.92 Å². The molecule has 0 radical (unpaired) electrons. The van der Waals surface area contributed by atoms with Crippen molar-refractivity contribution in [1.29, 1.82) is 0 Å². The van der Waals surface area contributed by atoms with Crippen LogP contribution in [0, 0.1) is 11.7 Å². The zero-order valence-corrected chi connectivity index (χ0v) is 10.3. The van der Waals surface area contributed by atoms with Gasteiger partial charge in [0.05, 0.1) is 17.4 Å². The van der Waals surface area contributed by atoms with E-state index in [1.807, 2.05) is 13.0 Å². The fourth-order valence-corrected chi connectivity index (χ4v) is 2.27. The van der Waals surface area contributed by atoms with Crippen LogP contribution in [-0.2, 0) is 5.54 Å². The van der Waals surface area contributed by atoms with Crippen LogP contribution in [0.1, 0.15) is 25.6 Å². The Balaban J connectivity index is 1.94. The van der Waals surface area contributed by atoms with E-state index in [1.165, 1.54) is 12.1 Å². The van der Waals surface area contributed by atoms with Gasteiger partial charge in [0.2, 0.25) is 0 Å². The molecule has 1 saturated carbocycles. The first kappa shape index (κ1) is 11.4. The van der Waals surface area contributed by atoms with Crippen LogP contribution in [0.25, 0.3) is 11.3 Å². The zero-order valence-electron chi connectivity index (χ0n) is 10.3. The van der Waals surface area contributed by atoms with Crippen LogP contribution < -0.4 is 5.73 Å². The molecule has 3 N–H and O–H groups in total. The number of H-pyrrole nitrogens is 1. The number of hydrogen-bond donors (Lipinski definition) is 2. The lowest BCUT2D eigenvalue weighted by atomic mass is 9.97. The number of rotatable bonds is 3. The molecule has 1 aromatic heterocycles. The molecular weight excluding hydrogens is 229 g/mol. The first-order chi connectivity index (χ1) is 8.57. The van der Waals surface area contributed by atoms with E-state index >= 15 is 0 Å². The molecule has 0 saturated heterocycles. The molecule has 94 valence electrons. The number of aromatic amines is 1. The number of nitrogens with one attached hydrogen (secondary N) is 1. The van der Waals surface area contributed by atoms with Gasteiger partial charge >= 0.3 is 0 Å². The van der Waals surface area contributed by atoms with Crippen LogP contribution in [0.4, 0.5) is 4.39 Å². The fourth-order valence-electron chi connectivity index (χ4n) is 2.27. The maximum atomic E-state index is 13.2. The van der Waals surface area contributed by atoms with Gasteiger partial charge in [-0.05, 0) is 37.8 Å². The smallest absolute Gasteiger partial charge is 0.126 e. The summed E-state index contributed by atoms with van der Waals surface area (Å²) >= 11 is 0. The molecule has 2 aromatic rings. The topological polar surface area (TPSA) is 54.7 Å². The maximum absolute atomic E-state index is 13.2. The van der Waals surface area contributed by atoms with Gasteiger partial charge in [0.1, 0.15) is 11.6 Å². The van der Waals surface area contributed by atoms with Gasteiger partial charge in [-0.2, -0.15) is 0 Å². The van der Waals surface area contributed by atoms with Crippen LogP contribution in [0.3, 0.4) is 0 Å². The molecule has 1 unspecified atom stereocenters. The van der Waals surface area contributed by atoms with Gasteiger partial charge in [-0.1, -0.05) is 12.1 Å². The Morgan fingerprint density at radius 3 is 2.89 bits per heavy atom. The number of imidazole rings is 1. The molecule has 3 rings (SSSR count). The summed E-state index contributed by atoms with van der Waals surface area (Å²) in [4.78, 5) is 7.57. The summed E-state index contributed by atoms with van der Waals surface area (Å²) in [5.41, 5.74) is 7.48. The van der Waals surface area contributed by atoms with Crippen LogP contribution in [0.5, 0.6) is 0 Å². The van der Waals surface area contributed by atoms with E-state index in [9.17, 15) is 4.39 Å². The lowest BCUT2D eigenvalue weighted by Crippen LogP contribution is -2.36. The van der Waals surface area contributed by atoms with Crippen LogP contribution in [-0.4, -0.2) is 9.97 Å². The molecule has 18 heavy (non-hydrogen) atoms. The minimum atomic E-state index is -0.411. The van der Waals surface area contributed by atoms with Crippen molar-refractivity contribution in [2.45, 2.75) is 25.3 Å². The Hall–Kier alpha value is -1.68. The third-order valence-electron chi connectivity index (χ3n) is 3.65. The molecule has 1 aliphatic carbocycles. The molecule has 0 bridgehead atoms. The molecule has 1 aromatic carbocycles. The molecule has 3 nitrogen and oxygen atoms in total. The summed E-state index contributed by atoms with van der Waals surface area (Å²) in [5, 5.41) is 0. The van der Waals surface area contributed by atoms with Crippen molar-refractivity contribution < 1.29 is 4.39 Å². The van der Waals surface area contributed by atoms with Gasteiger partial charge in [-0.3, -0.25) is 0 Å². The van der Waals surface area contributed by atoms with Crippen LogP contribution >= 0.6 is 0 Å². The summed E-state index contributed by atoms with van der Waals surface area (Å²) in [7, 11) is 0. The number of nitrogens with two attached hydrogens (primary N) is 1. The molecule has 0 amide bonds. The summed E-state index contributed by atoms with van der Waals surface area (Å²) in [6.45, 7) is 2.00. The highest BCUT2D eigenvalue weighted by molar-refractivity contribution is 5.58. The third kappa shape index (κ3) is 1.93. The monoisotopic (exact) mass is 245 g/mol. The second-order valence-corrected chi connectivity index (χ2v) is 5.21. The van der Waals surface area contributed by atoms with E-state index in [2.05, 4.69) is 9.97 Å². The van der Waals surface area contributed by atoms with Crippen molar-refractivity contribution in [3.8, 4) is 11.3 Å². The van der Waals surface area contributed by atoms with Gasteiger partial charge < -0.3 is 10.7 Å². The lowest BCUT2D eigenvalue weighted by molar-refractivity contribution is 0.404. The summed E-state index contributed by atoms with van der Waals surface area (Å²) in [6, 6.07) is 6.46. The van der Waals surface area contributed by atoms with Crippen molar-refractivity contribution >= 4 is 0 Å². The summed E-state index contributed by atoms with van der Waals surface area (Å²) in [5.74, 6) is 1.04. The van der Waals surface area contributed by atoms with Gasteiger partial charge in [-0.25, -0.2) is 9.37 Å². The number of benzene rings is 1. The SMILES string of the molecule is CC(N)(c1ncc(-c2cccc(F)c2)[nH]1)C1CC1. The Bertz CT molecular complexity index is 570. The molecule has 1 fully saturated rings. The minimum absolute atomic E-state index is 0.249. The highest BCUT2D eigenvalue weighted by Gasteiger charge is 2.41. The Labute approximate surface area is 105 Å². The molecule has 4 heteroatoms. The Morgan fingerprint density at radius 1 is 1.44 bits per heavy atom. The van der Waals surface area contributed by atoms with Crippen molar-refractivity contribution in [3.63, 3.8) is 0 Å². The number of hydrogen-bond acceptors (Lipinski definition) is 2. The number of nitrogens with zero attached hydrogens (tertiary/aromatic N) is 1. The van der Waals surface area contributed by atoms with Crippen molar-refractivity contribution in [2.24, 2.45) is 11.7 Å². The first-order valence-electron chi connectivity index (χ1n) is 6.17. The Morgan fingerprint density at radius 2 is 2.22 bits per heavy atom. The predicted molar refractivity (Wildman–Crippen MR) is 68.2 cm³/mol. The van der Waals surface area contributed by atoms with Gasteiger partial charge in [0.15, 0.2) is 0 Å². The van der Waals surface area contributed by atoms with Crippen molar-refractivity contribution in [2.75, 3.05) is 0 Å². The molecule has 0 spiro atoms. The van der Waals surface area contributed by atoms with E-state index < -0.39 is 5.54 Å². The number of aromatic nitrogens is 2. The van der Waals surface area contributed by atoms with Crippen molar-refractivity contribution in [1.82, 2.24) is 9.97 Å². The normalized spacial score (nSPS) is 18.6. The molecule has 1 atom stereocenters. The van der Waals surface area contributed by atoms with Crippen molar-refractivity contribution in [3.05, 3.63) is 42.1 Å². The van der Waals surface area contributed by atoms with Crippen LogP contribution in [0.2, 0.25) is 0 Å². The summed E-state index contributed by atoms with van der Waals surface area (Å²) in [6.07, 6.45) is 4.03. The van der Waals surface area contributed by atoms with E-state index in [-0.39, 0.29) is 5.82 Å². The quantitative estimate of drug-likeness (QED) is 0.873. The molecular formula is C14H16FN3. The van der Waals surface area contributed by atoms with Gasteiger partial charge in [0, 0.05) is 5.56 Å². The second-order valence-electron chi connectivity index (χ2n) is 5.21. The highest BCUT2D eigenvalue weighted by atomic mass is 19.1. The standard InChI is InChI=1S/C14H16FN3/c1-14(16,10-5-6-10)13-17-8-12(18-13)9-3-2-4-11(15)7-9/h2-4,7-8,10H,5-6,16H2,1H3,(H,17,18). The largest absolute Gasteiger partial charge is 0.340 e. The van der Waals surface area contributed by atoms with Gasteiger partial charge in [-0.15, -0.1) is 0 Å². The lowest BCUT2D eigenvalue weighted by Gasteiger charge is -2.21. The molecule has 0 aliphatic heterocycles. The molecule has 1 heterocycles. The average molecular weight is 245 g/mol. The summed E-state index contributed by atoms with van der Waals surface area (Å²) < 4.78 is 13.2. The van der Waals surface area contributed by atoms with E-state index in [1.54, 1.807) is 12.3 Å². The predicted octanol–water partition coefficient (Wildman–Crippen LogP) is 2.80. The molecule has 1 aliphatic rings.